The summed E-state index contributed by atoms with van der Waals surface area (Å²) in [7, 11) is 0. The molecule has 1 aromatic carbocycles. The molecule has 5 heteroatoms. The summed E-state index contributed by atoms with van der Waals surface area (Å²) in [6, 6.07) is 5.43. The van der Waals surface area contributed by atoms with Crippen molar-refractivity contribution in [2.45, 2.75) is 45.3 Å². The van der Waals surface area contributed by atoms with E-state index in [1.54, 1.807) is 6.07 Å². The van der Waals surface area contributed by atoms with Gasteiger partial charge in [-0.05, 0) is 43.5 Å². The highest BCUT2D eigenvalue weighted by molar-refractivity contribution is 5.28. The van der Waals surface area contributed by atoms with Crippen molar-refractivity contribution in [3.8, 4) is 0 Å². The lowest BCUT2D eigenvalue weighted by atomic mass is 10.0. The van der Waals surface area contributed by atoms with Crippen LogP contribution in [0, 0.1) is 0 Å². The summed E-state index contributed by atoms with van der Waals surface area (Å²) in [5.41, 5.74) is 0.0659. The van der Waals surface area contributed by atoms with E-state index in [-0.39, 0.29) is 6.04 Å². The van der Waals surface area contributed by atoms with E-state index in [9.17, 15) is 13.2 Å². The van der Waals surface area contributed by atoms with Crippen LogP contribution >= 0.6 is 0 Å². The minimum atomic E-state index is -4.30. The molecule has 0 amide bonds. The first kappa shape index (κ1) is 18.0. The zero-order valence-electron chi connectivity index (χ0n) is 12.7. The number of halogens is 3. The minimum absolute atomic E-state index is 0.107. The summed E-state index contributed by atoms with van der Waals surface area (Å²) in [5.74, 6) is 0. The van der Waals surface area contributed by atoms with E-state index in [4.69, 9.17) is 4.74 Å². The van der Waals surface area contributed by atoms with Crippen molar-refractivity contribution >= 4 is 0 Å². The fraction of sp³-hybridized carbons (Fsp3) is 0.625. The molecule has 0 aliphatic heterocycles. The molecule has 0 aromatic heterocycles. The quantitative estimate of drug-likeness (QED) is 0.675. The Hall–Kier alpha value is -1.07. The molecular weight excluding hydrogens is 279 g/mol. The van der Waals surface area contributed by atoms with Gasteiger partial charge >= 0.3 is 6.18 Å². The van der Waals surface area contributed by atoms with Crippen LogP contribution in [0.3, 0.4) is 0 Å². The Morgan fingerprint density at radius 1 is 1.14 bits per heavy atom. The zero-order chi connectivity index (χ0) is 15.7. The Balaban J connectivity index is 2.76. The van der Waals surface area contributed by atoms with Crippen LogP contribution in [0.2, 0.25) is 0 Å². The number of hydrogen-bond acceptors (Lipinski definition) is 2. The topological polar surface area (TPSA) is 21.3 Å². The highest BCUT2D eigenvalue weighted by Crippen LogP contribution is 2.31. The summed E-state index contributed by atoms with van der Waals surface area (Å²) in [4.78, 5) is 0. The largest absolute Gasteiger partial charge is 0.416 e. The van der Waals surface area contributed by atoms with Gasteiger partial charge in [0, 0.05) is 19.3 Å². The number of ether oxygens (including phenoxy) is 1. The van der Waals surface area contributed by atoms with Crippen molar-refractivity contribution in [3.05, 3.63) is 35.4 Å². The Kier molecular flexibility index (Phi) is 7.75. The van der Waals surface area contributed by atoms with E-state index in [0.29, 0.717) is 25.2 Å². The van der Waals surface area contributed by atoms with Crippen LogP contribution in [-0.2, 0) is 10.9 Å². The van der Waals surface area contributed by atoms with Gasteiger partial charge < -0.3 is 10.1 Å². The molecule has 0 saturated heterocycles. The third-order valence-electron chi connectivity index (χ3n) is 3.16. The van der Waals surface area contributed by atoms with Crippen LogP contribution in [0.25, 0.3) is 0 Å². The second kappa shape index (κ2) is 9.05. The molecule has 0 radical (unpaired) electrons. The summed E-state index contributed by atoms with van der Waals surface area (Å²) >= 11 is 0. The molecule has 1 unspecified atom stereocenters. The van der Waals surface area contributed by atoms with Crippen molar-refractivity contribution in [2.24, 2.45) is 0 Å². The Morgan fingerprint density at radius 3 is 2.52 bits per heavy atom. The molecular formula is C16H24F3NO. The van der Waals surface area contributed by atoms with Crippen LogP contribution in [0.5, 0.6) is 0 Å². The summed E-state index contributed by atoms with van der Waals surface area (Å²) in [6.07, 6.45) is -1.76. The normalized spacial score (nSPS) is 13.4. The van der Waals surface area contributed by atoms with Gasteiger partial charge in [0.2, 0.25) is 0 Å². The lowest BCUT2D eigenvalue weighted by Gasteiger charge is -2.20. The number of benzene rings is 1. The predicted molar refractivity (Wildman–Crippen MR) is 78.2 cm³/mol. The van der Waals surface area contributed by atoms with Crippen LogP contribution in [0.15, 0.2) is 24.3 Å². The fourth-order valence-electron chi connectivity index (χ4n) is 2.08. The van der Waals surface area contributed by atoms with E-state index in [2.05, 4.69) is 5.32 Å². The Labute approximate surface area is 124 Å². The summed E-state index contributed by atoms with van der Waals surface area (Å²) in [6.45, 7) is 6.06. The first-order valence-corrected chi connectivity index (χ1v) is 7.47. The zero-order valence-corrected chi connectivity index (χ0v) is 12.7. The number of nitrogens with one attached hydrogen (secondary N) is 1. The maximum Gasteiger partial charge on any atom is 0.416 e. The molecule has 1 rings (SSSR count). The number of rotatable bonds is 9. The Bertz CT molecular complexity index is 407. The predicted octanol–water partition coefficient (Wildman–Crippen LogP) is 4.56. The summed E-state index contributed by atoms with van der Waals surface area (Å²) in [5, 5.41) is 3.29. The minimum Gasteiger partial charge on any atom is -0.381 e. The van der Waals surface area contributed by atoms with Crippen molar-refractivity contribution < 1.29 is 17.9 Å². The van der Waals surface area contributed by atoms with E-state index in [1.165, 1.54) is 12.1 Å². The smallest absolute Gasteiger partial charge is 0.381 e. The standard InChI is InChI=1S/C16H24F3NO/c1-3-9-20-15(8-11-21-10-4-2)13-6-5-7-14(12-13)16(17,18)19/h5-7,12,15,20H,3-4,8-11H2,1-2H3. The molecule has 2 nitrogen and oxygen atoms in total. The monoisotopic (exact) mass is 303 g/mol. The third kappa shape index (κ3) is 6.48. The molecule has 0 heterocycles. The maximum atomic E-state index is 12.8. The van der Waals surface area contributed by atoms with Gasteiger partial charge in [0.1, 0.15) is 0 Å². The number of alkyl halides is 3. The van der Waals surface area contributed by atoms with Gasteiger partial charge in [0.15, 0.2) is 0 Å². The lowest BCUT2D eigenvalue weighted by molar-refractivity contribution is -0.137. The van der Waals surface area contributed by atoms with Crippen molar-refractivity contribution in [1.29, 1.82) is 0 Å². The molecule has 1 N–H and O–H groups in total. The third-order valence-corrected chi connectivity index (χ3v) is 3.16. The van der Waals surface area contributed by atoms with Gasteiger partial charge in [-0.25, -0.2) is 0 Å². The molecule has 0 bridgehead atoms. The Morgan fingerprint density at radius 2 is 1.90 bits per heavy atom. The molecule has 1 atom stereocenters. The molecule has 0 aliphatic carbocycles. The highest BCUT2D eigenvalue weighted by Gasteiger charge is 2.30. The van der Waals surface area contributed by atoms with Crippen molar-refractivity contribution in [1.82, 2.24) is 5.32 Å². The molecule has 0 fully saturated rings. The first-order valence-electron chi connectivity index (χ1n) is 7.47. The van der Waals surface area contributed by atoms with Crippen molar-refractivity contribution in [2.75, 3.05) is 19.8 Å². The van der Waals surface area contributed by atoms with Gasteiger partial charge in [-0.3, -0.25) is 0 Å². The summed E-state index contributed by atoms with van der Waals surface area (Å²) < 4.78 is 43.8. The van der Waals surface area contributed by atoms with E-state index in [1.807, 2.05) is 13.8 Å². The second-order valence-corrected chi connectivity index (χ2v) is 5.03. The second-order valence-electron chi connectivity index (χ2n) is 5.03. The molecule has 0 spiro atoms. The lowest BCUT2D eigenvalue weighted by Crippen LogP contribution is -2.24. The van der Waals surface area contributed by atoms with Crippen molar-refractivity contribution in [3.63, 3.8) is 0 Å². The van der Waals surface area contributed by atoms with E-state index >= 15 is 0 Å². The van der Waals surface area contributed by atoms with Crippen LogP contribution in [0.1, 0.15) is 50.3 Å². The molecule has 21 heavy (non-hydrogen) atoms. The average Bonchev–Trinajstić information content (AvgIpc) is 2.46. The SMILES string of the molecule is CCCNC(CCOCCC)c1cccc(C(F)(F)F)c1. The van der Waals surface area contributed by atoms with Crippen LogP contribution in [0.4, 0.5) is 13.2 Å². The van der Waals surface area contributed by atoms with E-state index in [0.717, 1.165) is 25.5 Å². The highest BCUT2D eigenvalue weighted by atomic mass is 19.4. The fourth-order valence-corrected chi connectivity index (χ4v) is 2.08. The average molecular weight is 303 g/mol. The van der Waals surface area contributed by atoms with Gasteiger partial charge in [-0.2, -0.15) is 13.2 Å². The molecule has 0 saturated carbocycles. The molecule has 0 aliphatic rings. The van der Waals surface area contributed by atoms with Crippen LogP contribution < -0.4 is 5.32 Å². The van der Waals surface area contributed by atoms with Gasteiger partial charge in [-0.1, -0.05) is 26.0 Å². The molecule has 1 aromatic rings. The van der Waals surface area contributed by atoms with Gasteiger partial charge in [-0.15, -0.1) is 0 Å². The number of hydrogen-bond donors (Lipinski definition) is 1. The molecule has 120 valence electrons. The van der Waals surface area contributed by atoms with E-state index < -0.39 is 11.7 Å². The van der Waals surface area contributed by atoms with Crippen LogP contribution in [-0.4, -0.2) is 19.8 Å². The maximum absolute atomic E-state index is 12.8. The first-order chi connectivity index (χ1) is 9.99. The van der Waals surface area contributed by atoms with Gasteiger partial charge in [0.05, 0.1) is 5.56 Å². The van der Waals surface area contributed by atoms with Gasteiger partial charge in [0.25, 0.3) is 0 Å².